The lowest BCUT2D eigenvalue weighted by atomic mass is 10.1. The lowest BCUT2D eigenvalue weighted by molar-refractivity contribution is -0.136. The van der Waals surface area contributed by atoms with Crippen LogP contribution in [-0.4, -0.2) is 49.8 Å². The van der Waals surface area contributed by atoms with Gasteiger partial charge < -0.3 is 15.7 Å². The van der Waals surface area contributed by atoms with Crippen LogP contribution >= 0.6 is 0 Å². The van der Waals surface area contributed by atoms with Crippen molar-refractivity contribution >= 4 is 17.5 Å². The van der Waals surface area contributed by atoms with Crippen molar-refractivity contribution in [3.8, 4) is 11.4 Å². The molecule has 3 aromatic rings. The van der Waals surface area contributed by atoms with Crippen LogP contribution < -0.4 is 10.6 Å². The summed E-state index contributed by atoms with van der Waals surface area (Å²) in [6.07, 6.45) is 0.427. The van der Waals surface area contributed by atoms with Gasteiger partial charge in [-0.25, -0.2) is 0 Å². The highest BCUT2D eigenvalue weighted by Crippen LogP contribution is 2.17. The maximum Gasteiger partial charge on any atom is 0.313 e. The van der Waals surface area contributed by atoms with Crippen LogP contribution in [0.4, 0.5) is 5.69 Å². The third kappa shape index (κ3) is 4.98. The minimum Gasteiger partial charge on any atom is -0.394 e. The van der Waals surface area contributed by atoms with Crippen LogP contribution in [0.1, 0.15) is 5.56 Å². The normalized spacial score (nSPS) is 11.6. The summed E-state index contributed by atoms with van der Waals surface area (Å²) in [4.78, 5) is 25.6. The Morgan fingerprint density at radius 2 is 1.79 bits per heavy atom. The summed E-state index contributed by atoms with van der Waals surface area (Å²) in [5.74, 6) is -1.16. The summed E-state index contributed by atoms with van der Waals surface area (Å²) in [5.41, 5.74) is 2.14. The maximum atomic E-state index is 12.1. The highest BCUT2D eigenvalue weighted by atomic mass is 16.3. The fourth-order valence-corrected chi connectivity index (χ4v) is 2.60. The topological polar surface area (TPSA) is 122 Å². The van der Waals surface area contributed by atoms with E-state index in [-0.39, 0.29) is 6.61 Å². The molecule has 0 aliphatic carbocycles. The first-order valence-corrected chi connectivity index (χ1v) is 8.66. The minimum atomic E-state index is -0.811. The van der Waals surface area contributed by atoms with Gasteiger partial charge in [0.2, 0.25) is 5.82 Å². The average Bonchev–Trinajstić information content (AvgIpc) is 3.15. The number of aliphatic hydroxyl groups excluding tert-OH is 1. The first kappa shape index (κ1) is 19.2. The lowest BCUT2D eigenvalue weighted by Crippen LogP contribution is -2.44. The highest BCUT2D eigenvalue weighted by Gasteiger charge is 2.19. The first-order chi connectivity index (χ1) is 13.5. The summed E-state index contributed by atoms with van der Waals surface area (Å²) in [6, 6.07) is 15.6. The van der Waals surface area contributed by atoms with Gasteiger partial charge >= 0.3 is 11.8 Å². The number of aliphatic hydroxyl groups is 1. The van der Waals surface area contributed by atoms with E-state index >= 15 is 0 Å². The van der Waals surface area contributed by atoms with Gasteiger partial charge in [0.1, 0.15) is 0 Å². The molecule has 1 unspecified atom stereocenters. The predicted molar refractivity (Wildman–Crippen MR) is 102 cm³/mol. The summed E-state index contributed by atoms with van der Waals surface area (Å²) < 4.78 is 0. The second-order valence-electron chi connectivity index (χ2n) is 6.18. The van der Waals surface area contributed by atoms with Gasteiger partial charge in [0.15, 0.2) is 0 Å². The van der Waals surface area contributed by atoms with Gasteiger partial charge in [-0.15, -0.1) is 10.2 Å². The highest BCUT2D eigenvalue weighted by molar-refractivity contribution is 6.39. The van der Waals surface area contributed by atoms with Crippen LogP contribution in [0.2, 0.25) is 0 Å². The van der Waals surface area contributed by atoms with Gasteiger partial charge in [-0.1, -0.05) is 30.3 Å². The molecule has 0 bridgehead atoms. The van der Waals surface area contributed by atoms with Crippen LogP contribution in [0, 0.1) is 0 Å². The van der Waals surface area contributed by atoms with E-state index in [0.29, 0.717) is 17.9 Å². The van der Waals surface area contributed by atoms with Crippen molar-refractivity contribution in [3.63, 3.8) is 0 Å². The van der Waals surface area contributed by atoms with Crippen LogP contribution in [0.25, 0.3) is 11.4 Å². The number of hydrogen-bond acceptors (Lipinski definition) is 6. The number of rotatable bonds is 6. The molecule has 0 saturated carbocycles. The number of anilines is 1. The van der Waals surface area contributed by atoms with E-state index in [4.69, 9.17) is 0 Å². The van der Waals surface area contributed by atoms with Gasteiger partial charge in [0.05, 0.1) is 19.7 Å². The Morgan fingerprint density at radius 1 is 1.07 bits per heavy atom. The molecule has 0 fully saturated rings. The van der Waals surface area contributed by atoms with E-state index in [9.17, 15) is 14.7 Å². The summed E-state index contributed by atoms with van der Waals surface area (Å²) in [5, 5.41) is 26.3. The second-order valence-corrected chi connectivity index (χ2v) is 6.18. The minimum absolute atomic E-state index is 0.270. The molecule has 2 aromatic carbocycles. The first-order valence-electron chi connectivity index (χ1n) is 8.66. The van der Waals surface area contributed by atoms with Crippen molar-refractivity contribution < 1.29 is 14.7 Å². The molecule has 28 heavy (non-hydrogen) atoms. The standard InChI is InChI=1S/C19H20N6O3/c1-25-23-17(22-24-25)14-7-9-15(10-8-14)20-18(27)19(28)21-16(12-26)11-13-5-3-2-4-6-13/h2-10,16,26H,11-12H2,1H3,(H,20,27)(H,21,28). The van der Waals surface area contributed by atoms with E-state index in [1.54, 1.807) is 31.3 Å². The van der Waals surface area contributed by atoms with Crippen LogP contribution in [0.15, 0.2) is 54.6 Å². The molecule has 1 atom stereocenters. The number of nitrogens with zero attached hydrogens (tertiary/aromatic N) is 4. The molecule has 0 aliphatic rings. The molecule has 3 N–H and O–H groups in total. The largest absolute Gasteiger partial charge is 0.394 e. The molecule has 2 amide bonds. The number of tetrazole rings is 1. The van der Waals surface area contributed by atoms with Crippen molar-refractivity contribution in [1.29, 1.82) is 0 Å². The Bertz CT molecular complexity index is 940. The van der Waals surface area contributed by atoms with Crippen molar-refractivity contribution in [3.05, 3.63) is 60.2 Å². The number of nitrogens with one attached hydrogen (secondary N) is 2. The Kier molecular flexibility index (Phi) is 6.07. The van der Waals surface area contributed by atoms with Crippen molar-refractivity contribution in [2.24, 2.45) is 7.05 Å². The van der Waals surface area contributed by atoms with E-state index < -0.39 is 17.9 Å². The molecule has 9 heteroatoms. The molecule has 144 valence electrons. The monoisotopic (exact) mass is 380 g/mol. The maximum absolute atomic E-state index is 12.1. The SMILES string of the molecule is Cn1nnc(-c2ccc(NC(=O)C(=O)NC(CO)Cc3ccccc3)cc2)n1. The fraction of sp³-hybridized carbons (Fsp3) is 0.211. The molecule has 0 spiro atoms. The zero-order chi connectivity index (χ0) is 19.9. The zero-order valence-corrected chi connectivity index (χ0v) is 15.2. The number of aryl methyl sites for hydroxylation is 1. The lowest BCUT2D eigenvalue weighted by Gasteiger charge is -2.16. The molecule has 3 rings (SSSR count). The molecule has 1 aromatic heterocycles. The number of amides is 2. The number of carbonyl (C=O) groups excluding carboxylic acids is 2. The van der Waals surface area contributed by atoms with Crippen molar-refractivity contribution in [2.45, 2.75) is 12.5 Å². The van der Waals surface area contributed by atoms with Crippen LogP contribution in [0.3, 0.4) is 0 Å². The van der Waals surface area contributed by atoms with Crippen LogP contribution in [-0.2, 0) is 23.1 Å². The van der Waals surface area contributed by atoms with Crippen molar-refractivity contribution in [2.75, 3.05) is 11.9 Å². The van der Waals surface area contributed by atoms with Crippen LogP contribution in [0.5, 0.6) is 0 Å². The second kappa shape index (κ2) is 8.87. The summed E-state index contributed by atoms with van der Waals surface area (Å²) in [6.45, 7) is -0.270. The van der Waals surface area contributed by atoms with E-state index in [1.807, 2.05) is 30.3 Å². The molecule has 9 nitrogen and oxygen atoms in total. The predicted octanol–water partition coefficient (Wildman–Crippen LogP) is 0.535. The van der Waals surface area contributed by atoms with E-state index in [0.717, 1.165) is 11.1 Å². The summed E-state index contributed by atoms with van der Waals surface area (Å²) >= 11 is 0. The van der Waals surface area contributed by atoms with Crippen molar-refractivity contribution in [1.82, 2.24) is 25.5 Å². The molecular formula is C19H20N6O3. The number of aromatic nitrogens is 4. The van der Waals surface area contributed by atoms with Gasteiger partial charge in [0, 0.05) is 11.3 Å². The van der Waals surface area contributed by atoms with Gasteiger partial charge in [0.25, 0.3) is 0 Å². The Morgan fingerprint density at radius 3 is 2.39 bits per heavy atom. The molecule has 1 heterocycles. The van der Waals surface area contributed by atoms with Gasteiger partial charge in [-0.05, 0) is 41.5 Å². The van der Waals surface area contributed by atoms with E-state index in [2.05, 4.69) is 26.0 Å². The van der Waals surface area contributed by atoms with Gasteiger partial charge in [-0.2, -0.15) is 4.80 Å². The van der Waals surface area contributed by atoms with Gasteiger partial charge in [-0.3, -0.25) is 9.59 Å². The molecule has 0 aliphatic heterocycles. The molecule has 0 radical (unpaired) electrons. The zero-order valence-electron chi connectivity index (χ0n) is 15.2. The molecule has 0 saturated heterocycles. The summed E-state index contributed by atoms with van der Waals surface area (Å²) in [7, 11) is 1.67. The third-order valence-electron chi connectivity index (χ3n) is 4.00. The third-order valence-corrected chi connectivity index (χ3v) is 4.00. The average molecular weight is 380 g/mol. The number of benzene rings is 2. The quantitative estimate of drug-likeness (QED) is 0.537. The number of carbonyl (C=O) groups is 2. The smallest absolute Gasteiger partial charge is 0.313 e. The Balaban J connectivity index is 1.56. The Hall–Kier alpha value is -3.59. The number of hydrogen-bond donors (Lipinski definition) is 3. The fourth-order valence-electron chi connectivity index (χ4n) is 2.60. The molecular weight excluding hydrogens is 360 g/mol. The Labute approximate surface area is 161 Å². The van der Waals surface area contributed by atoms with E-state index in [1.165, 1.54) is 4.80 Å².